The Hall–Kier alpha value is -1.80. The number of hydrogen-bond acceptors (Lipinski definition) is 2. The number of aliphatic hydroxyl groups excluding tert-OH is 1. The fourth-order valence-corrected chi connectivity index (χ4v) is 2.05. The van der Waals surface area contributed by atoms with E-state index < -0.39 is 5.54 Å². The van der Waals surface area contributed by atoms with E-state index in [-0.39, 0.29) is 6.61 Å². The highest BCUT2D eigenvalue weighted by Crippen LogP contribution is 2.25. The van der Waals surface area contributed by atoms with Gasteiger partial charge in [-0.2, -0.15) is 0 Å². The van der Waals surface area contributed by atoms with Crippen molar-refractivity contribution in [2.24, 2.45) is 0 Å². The number of aryl methyl sites for hydroxylation is 1. The Balaban J connectivity index is 2.29. The van der Waals surface area contributed by atoms with Gasteiger partial charge in [-0.25, -0.2) is 0 Å². The molecule has 0 aliphatic heterocycles. The second-order valence-corrected chi connectivity index (χ2v) is 4.85. The predicted molar refractivity (Wildman–Crippen MR) is 75.7 cm³/mol. The molecule has 0 heterocycles. The van der Waals surface area contributed by atoms with Gasteiger partial charge in [0, 0.05) is 5.69 Å². The molecule has 0 fully saturated rings. The summed E-state index contributed by atoms with van der Waals surface area (Å²) in [6.07, 6.45) is 0. The summed E-state index contributed by atoms with van der Waals surface area (Å²) in [5.74, 6) is 0. The first-order valence-corrected chi connectivity index (χ1v) is 6.15. The van der Waals surface area contributed by atoms with Crippen LogP contribution >= 0.6 is 0 Å². The van der Waals surface area contributed by atoms with Crippen LogP contribution in [0, 0.1) is 6.92 Å². The Morgan fingerprint density at radius 2 is 1.78 bits per heavy atom. The van der Waals surface area contributed by atoms with E-state index >= 15 is 0 Å². The first-order chi connectivity index (χ1) is 8.64. The Morgan fingerprint density at radius 3 is 2.39 bits per heavy atom. The second-order valence-electron chi connectivity index (χ2n) is 4.85. The molecule has 0 radical (unpaired) electrons. The normalized spacial score (nSPS) is 13.9. The molecule has 0 saturated heterocycles. The maximum Gasteiger partial charge on any atom is 0.0828 e. The summed E-state index contributed by atoms with van der Waals surface area (Å²) in [6, 6.07) is 18.2. The first-order valence-electron chi connectivity index (χ1n) is 6.15. The van der Waals surface area contributed by atoms with Crippen molar-refractivity contribution in [1.82, 2.24) is 0 Å². The number of nitrogens with one attached hydrogen (secondary N) is 1. The van der Waals surface area contributed by atoms with Crippen LogP contribution < -0.4 is 5.32 Å². The van der Waals surface area contributed by atoms with Crippen LogP contribution in [-0.2, 0) is 5.54 Å². The van der Waals surface area contributed by atoms with Gasteiger partial charge in [0.1, 0.15) is 0 Å². The van der Waals surface area contributed by atoms with Crippen molar-refractivity contribution < 1.29 is 5.11 Å². The van der Waals surface area contributed by atoms with E-state index in [2.05, 4.69) is 24.4 Å². The lowest BCUT2D eigenvalue weighted by Gasteiger charge is -2.30. The zero-order valence-corrected chi connectivity index (χ0v) is 10.9. The van der Waals surface area contributed by atoms with Crippen LogP contribution in [-0.4, -0.2) is 11.7 Å². The molecule has 0 aliphatic carbocycles. The summed E-state index contributed by atoms with van der Waals surface area (Å²) in [7, 11) is 0. The summed E-state index contributed by atoms with van der Waals surface area (Å²) in [5.41, 5.74) is 2.84. The van der Waals surface area contributed by atoms with E-state index in [1.165, 1.54) is 5.56 Å². The summed E-state index contributed by atoms with van der Waals surface area (Å²) in [6.45, 7) is 4.11. The van der Waals surface area contributed by atoms with Crippen molar-refractivity contribution in [3.63, 3.8) is 0 Å². The van der Waals surface area contributed by atoms with Gasteiger partial charge in [0.2, 0.25) is 0 Å². The molecule has 0 spiro atoms. The van der Waals surface area contributed by atoms with Crippen molar-refractivity contribution in [1.29, 1.82) is 0 Å². The third-order valence-corrected chi connectivity index (χ3v) is 3.17. The molecule has 0 amide bonds. The van der Waals surface area contributed by atoms with E-state index in [4.69, 9.17) is 0 Å². The van der Waals surface area contributed by atoms with Gasteiger partial charge in [-0.1, -0.05) is 42.5 Å². The van der Waals surface area contributed by atoms with E-state index in [1.807, 2.05) is 49.4 Å². The minimum atomic E-state index is -0.463. The quantitative estimate of drug-likeness (QED) is 0.860. The maximum absolute atomic E-state index is 9.71. The fourth-order valence-electron chi connectivity index (χ4n) is 2.05. The molecule has 18 heavy (non-hydrogen) atoms. The van der Waals surface area contributed by atoms with Crippen molar-refractivity contribution in [3.05, 3.63) is 65.7 Å². The molecule has 2 N–H and O–H groups in total. The molecular weight excluding hydrogens is 222 g/mol. The molecule has 2 rings (SSSR count). The van der Waals surface area contributed by atoms with Gasteiger partial charge >= 0.3 is 0 Å². The lowest BCUT2D eigenvalue weighted by molar-refractivity contribution is 0.224. The Kier molecular flexibility index (Phi) is 3.68. The molecule has 0 bridgehead atoms. The van der Waals surface area contributed by atoms with Crippen LogP contribution in [0.1, 0.15) is 18.1 Å². The molecule has 1 atom stereocenters. The zero-order chi connectivity index (χ0) is 13.0. The maximum atomic E-state index is 9.71. The highest BCUT2D eigenvalue weighted by Gasteiger charge is 2.25. The number of benzene rings is 2. The molecule has 0 aliphatic rings. The lowest BCUT2D eigenvalue weighted by atomic mass is 9.92. The Morgan fingerprint density at radius 1 is 1.06 bits per heavy atom. The van der Waals surface area contributed by atoms with Gasteiger partial charge in [0.05, 0.1) is 12.1 Å². The van der Waals surface area contributed by atoms with Crippen molar-refractivity contribution in [2.45, 2.75) is 19.4 Å². The molecule has 0 aromatic heterocycles. The molecule has 2 heteroatoms. The molecule has 1 unspecified atom stereocenters. The topological polar surface area (TPSA) is 32.3 Å². The fraction of sp³-hybridized carbons (Fsp3) is 0.250. The number of anilines is 1. The predicted octanol–water partition coefficient (Wildman–Crippen LogP) is 3.31. The van der Waals surface area contributed by atoms with E-state index in [0.29, 0.717) is 0 Å². The summed E-state index contributed by atoms with van der Waals surface area (Å²) in [4.78, 5) is 0. The minimum Gasteiger partial charge on any atom is -0.394 e. The van der Waals surface area contributed by atoms with Crippen LogP contribution in [0.3, 0.4) is 0 Å². The van der Waals surface area contributed by atoms with Crippen molar-refractivity contribution >= 4 is 5.69 Å². The molecule has 2 nitrogen and oxygen atoms in total. The first kappa shape index (κ1) is 12.7. The highest BCUT2D eigenvalue weighted by molar-refractivity contribution is 5.49. The van der Waals surface area contributed by atoms with Crippen molar-refractivity contribution in [3.8, 4) is 0 Å². The monoisotopic (exact) mass is 241 g/mol. The summed E-state index contributed by atoms with van der Waals surface area (Å²) in [5, 5.41) is 13.1. The van der Waals surface area contributed by atoms with E-state index in [1.54, 1.807) is 0 Å². The minimum absolute atomic E-state index is 0.0466. The summed E-state index contributed by atoms with van der Waals surface area (Å²) < 4.78 is 0. The van der Waals surface area contributed by atoms with Crippen molar-refractivity contribution in [2.75, 3.05) is 11.9 Å². The standard InChI is InChI=1S/C16H19NO/c1-13-7-6-10-15(11-13)17-16(2,12-18)14-8-4-3-5-9-14/h3-11,17-18H,12H2,1-2H3. The highest BCUT2D eigenvalue weighted by atomic mass is 16.3. The molecular formula is C16H19NO. The number of aliphatic hydroxyl groups is 1. The van der Waals surface area contributed by atoms with Crippen LogP contribution in [0.4, 0.5) is 5.69 Å². The largest absolute Gasteiger partial charge is 0.394 e. The van der Waals surface area contributed by atoms with Crippen LogP contribution in [0.2, 0.25) is 0 Å². The average Bonchev–Trinajstić information content (AvgIpc) is 2.39. The number of hydrogen-bond donors (Lipinski definition) is 2. The Labute approximate surface area is 108 Å². The zero-order valence-electron chi connectivity index (χ0n) is 10.9. The van der Waals surface area contributed by atoms with E-state index in [9.17, 15) is 5.11 Å². The second kappa shape index (κ2) is 5.23. The van der Waals surface area contributed by atoms with Crippen LogP contribution in [0.5, 0.6) is 0 Å². The molecule has 94 valence electrons. The van der Waals surface area contributed by atoms with Crippen LogP contribution in [0.15, 0.2) is 54.6 Å². The van der Waals surface area contributed by atoms with Gasteiger partial charge in [-0.15, -0.1) is 0 Å². The number of rotatable bonds is 4. The van der Waals surface area contributed by atoms with Gasteiger partial charge in [0.15, 0.2) is 0 Å². The van der Waals surface area contributed by atoms with Crippen LogP contribution in [0.25, 0.3) is 0 Å². The average molecular weight is 241 g/mol. The summed E-state index contributed by atoms with van der Waals surface area (Å²) >= 11 is 0. The SMILES string of the molecule is Cc1cccc(NC(C)(CO)c2ccccc2)c1. The molecule has 2 aromatic carbocycles. The van der Waals surface area contributed by atoms with Gasteiger partial charge < -0.3 is 10.4 Å². The Bertz CT molecular complexity index is 510. The van der Waals surface area contributed by atoms with Gasteiger partial charge in [-0.3, -0.25) is 0 Å². The van der Waals surface area contributed by atoms with Gasteiger partial charge in [-0.05, 0) is 37.1 Å². The smallest absolute Gasteiger partial charge is 0.0828 e. The lowest BCUT2D eigenvalue weighted by Crippen LogP contribution is -2.35. The molecule has 2 aromatic rings. The van der Waals surface area contributed by atoms with Gasteiger partial charge in [0.25, 0.3) is 0 Å². The third kappa shape index (κ3) is 2.71. The van der Waals surface area contributed by atoms with E-state index in [0.717, 1.165) is 11.3 Å². The third-order valence-electron chi connectivity index (χ3n) is 3.17. The molecule has 0 saturated carbocycles.